The molecule has 31 heavy (non-hydrogen) atoms. The van der Waals surface area contributed by atoms with E-state index < -0.39 is 30.4 Å². The zero-order valence-corrected chi connectivity index (χ0v) is 18.1. The quantitative estimate of drug-likeness (QED) is 0.622. The number of nitrogens with one attached hydrogen (secondary N) is 3. The molecule has 2 rings (SSSR count). The fourth-order valence-corrected chi connectivity index (χ4v) is 3.14. The number of hydrogen-bond acceptors (Lipinski definition) is 4. The van der Waals surface area contributed by atoms with Gasteiger partial charge in [0.15, 0.2) is 0 Å². The van der Waals surface area contributed by atoms with Gasteiger partial charge in [0.1, 0.15) is 12.1 Å². The van der Waals surface area contributed by atoms with Crippen LogP contribution in [-0.2, 0) is 11.2 Å². The molecule has 0 aromatic heterocycles. The normalized spacial score (nSPS) is 15.4. The number of hydrogen-bond donors (Lipinski definition) is 3. The van der Waals surface area contributed by atoms with Gasteiger partial charge >= 0.3 is 18.3 Å². The molecular weight excluding hydrogens is 413 g/mol. The Balaban J connectivity index is 1.69. The summed E-state index contributed by atoms with van der Waals surface area (Å²) in [6, 6.07) is 7.31. The van der Waals surface area contributed by atoms with Crippen molar-refractivity contribution < 1.29 is 27.5 Å². The first-order chi connectivity index (χ1) is 14.4. The minimum absolute atomic E-state index is 0.145. The van der Waals surface area contributed by atoms with Crippen LogP contribution in [-0.4, -0.2) is 61.0 Å². The molecule has 1 aliphatic rings. The number of anilines is 1. The SMILES string of the molecule is CC(C)(C)OC(=O)NCCc1ccc(NC2CCN(C(=O)NCC(F)(F)F)CC2)cc1. The second-order valence-electron chi connectivity index (χ2n) is 8.56. The maximum Gasteiger partial charge on any atom is 0.407 e. The molecule has 0 unspecified atom stereocenters. The summed E-state index contributed by atoms with van der Waals surface area (Å²) in [5.74, 6) is 0. The molecule has 0 bridgehead atoms. The lowest BCUT2D eigenvalue weighted by molar-refractivity contribution is -0.123. The van der Waals surface area contributed by atoms with Gasteiger partial charge in [0, 0.05) is 31.4 Å². The number of amides is 3. The van der Waals surface area contributed by atoms with Crippen molar-refractivity contribution in [2.24, 2.45) is 0 Å². The molecule has 3 amide bonds. The number of rotatable bonds is 6. The Hall–Kier alpha value is -2.65. The van der Waals surface area contributed by atoms with Crippen LogP contribution in [0, 0.1) is 0 Å². The second kappa shape index (κ2) is 10.6. The number of nitrogens with zero attached hydrogens (tertiary/aromatic N) is 1. The maximum atomic E-state index is 12.2. The molecular formula is C21H31F3N4O3. The smallest absolute Gasteiger partial charge is 0.407 e. The Morgan fingerprint density at radius 3 is 2.23 bits per heavy atom. The topological polar surface area (TPSA) is 82.7 Å². The van der Waals surface area contributed by atoms with Crippen molar-refractivity contribution in [2.45, 2.75) is 57.9 Å². The monoisotopic (exact) mass is 444 g/mol. The Labute approximate surface area is 180 Å². The summed E-state index contributed by atoms with van der Waals surface area (Å²) in [7, 11) is 0. The zero-order chi connectivity index (χ0) is 23.1. The predicted molar refractivity (Wildman–Crippen MR) is 112 cm³/mol. The molecule has 1 aliphatic heterocycles. The average molecular weight is 444 g/mol. The molecule has 0 atom stereocenters. The number of urea groups is 1. The van der Waals surface area contributed by atoms with Crippen LogP contribution in [0.15, 0.2) is 24.3 Å². The summed E-state index contributed by atoms with van der Waals surface area (Å²) in [5.41, 5.74) is 1.47. The minimum atomic E-state index is -4.41. The van der Waals surface area contributed by atoms with Gasteiger partial charge in [0.25, 0.3) is 0 Å². The van der Waals surface area contributed by atoms with Gasteiger partial charge in [0.05, 0.1) is 0 Å². The first-order valence-corrected chi connectivity index (χ1v) is 10.3. The van der Waals surface area contributed by atoms with Crippen LogP contribution >= 0.6 is 0 Å². The molecule has 1 aromatic rings. The number of alkyl halides is 3. The number of ether oxygens (including phenoxy) is 1. The van der Waals surface area contributed by atoms with E-state index in [9.17, 15) is 22.8 Å². The maximum absolute atomic E-state index is 12.2. The number of carbonyl (C=O) groups excluding carboxylic acids is 2. The van der Waals surface area contributed by atoms with Gasteiger partial charge in [-0.2, -0.15) is 13.2 Å². The molecule has 1 saturated heterocycles. The van der Waals surface area contributed by atoms with E-state index in [4.69, 9.17) is 4.74 Å². The number of likely N-dealkylation sites (tertiary alicyclic amines) is 1. The molecule has 1 fully saturated rings. The van der Waals surface area contributed by atoms with Gasteiger partial charge in [-0.25, -0.2) is 9.59 Å². The fourth-order valence-electron chi connectivity index (χ4n) is 3.14. The van der Waals surface area contributed by atoms with Crippen molar-refractivity contribution in [1.82, 2.24) is 15.5 Å². The number of carbonyl (C=O) groups is 2. The lowest BCUT2D eigenvalue weighted by Crippen LogP contribution is -2.48. The van der Waals surface area contributed by atoms with Crippen LogP contribution in [0.4, 0.5) is 28.4 Å². The van der Waals surface area contributed by atoms with Crippen molar-refractivity contribution in [3.05, 3.63) is 29.8 Å². The third-order valence-corrected chi connectivity index (χ3v) is 4.63. The first-order valence-electron chi connectivity index (χ1n) is 10.3. The van der Waals surface area contributed by atoms with Crippen molar-refractivity contribution in [2.75, 3.05) is 31.5 Å². The van der Waals surface area contributed by atoms with E-state index in [1.165, 1.54) is 4.90 Å². The van der Waals surface area contributed by atoms with Crippen LogP contribution in [0.5, 0.6) is 0 Å². The molecule has 1 aromatic carbocycles. The molecule has 0 saturated carbocycles. The molecule has 1 heterocycles. The highest BCUT2D eigenvalue weighted by molar-refractivity contribution is 5.74. The highest BCUT2D eigenvalue weighted by Crippen LogP contribution is 2.18. The van der Waals surface area contributed by atoms with Gasteiger partial charge < -0.3 is 25.6 Å². The highest BCUT2D eigenvalue weighted by atomic mass is 19.4. The lowest BCUT2D eigenvalue weighted by atomic mass is 10.0. The summed E-state index contributed by atoms with van der Waals surface area (Å²) in [4.78, 5) is 24.9. The van der Waals surface area contributed by atoms with E-state index in [1.54, 1.807) is 0 Å². The first kappa shape index (κ1) is 24.6. The molecule has 0 radical (unpaired) electrons. The number of piperidine rings is 1. The summed E-state index contributed by atoms with van der Waals surface area (Å²) in [5, 5.41) is 8.02. The van der Waals surface area contributed by atoms with Gasteiger partial charge in [-0.05, 0) is 57.7 Å². The van der Waals surface area contributed by atoms with Crippen molar-refractivity contribution in [1.29, 1.82) is 0 Å². The van der Waals surface area contributed by atoms with Crippen LogP contribution in [0.3, 0.4) is 0 Å². The molecule has 174 valence electrons. The highest BCUT2D eigenvalue weighted by Gasteiger charge is 2.30. The minimum Gasteiger partial charge on any atom is -0.444 e. The largest absolute Gasteiger partial charge is 0.444 e. The van der Waals surface area contributed by atoms with E-state index in [1.807, 2.05) is 50.4 Å². The fraction of sp³-hybridized carbons (Fsp3) is 0.619. The van der Waals surface area contributed by atoms with E-state index in [0.29, 0.717) is 38.9 Å². The summed E-state index contributed by atoms with van der Waals surface area (Å²) in [6.07, 6.45) is -2.87. The number of halogens is 3. The Bertz CT molecular complexity index is 725. The number of alkyl carbamates (subject to hydrolysis) is 1. The van der Waals surface area contributed by atoms with Crippen molar-refractivity contribution >= 4 is 17.8 Å². The molecule has 3 N–H and O–H groups in total. The third-order valence-electron chi connectivity index (χ3n) is 4.63. The summed E-state index contributed by atoms with van der Waals surface area (Å²) >= 11 is 0. The van der Waals surface area contributed by atoms with E-state index in [0.717, 1.165) is 11.3 Å². The van der Waals surface area contributed by atoms with E-state index in [-0.39, 0.29) is 6.04 Å². The Kier molecular flexibility index (Phi) is 8.41. The van der Waals surface area contributed by atoms with Crippen LogP contribution in [0.1, 0.15) is 39.2 Å². The lowest BCUT2D eigenvalue weighted by Gasteiger charge is -2.33. The van der Waals surface area contributed by atoms with Crippen molar-refractivity contribution in [3.8, 4) is 0 Å². The van der Waals surface area contributed by atoms with Crippen LogP contribution in [0.25, 0.3) is 0 Å². The Morgan fingerprint density at radius 2 is 1.68 bits per heavy atom. The zero-order valence-electron chi connectivity index (χ0n) is 18.1. The molecule has 10 heteroatoms. The van der Waals surface area contributed by atoms with Crippen LogP contribution < -0.4 is 16.0 Å². The molecule has 0 aliphatic carbocycles. The van der Waals surface area contributed by atoms with Crippen LogP contribution in [0.2, 0.25) is 0 Å². The average Bonchev–Trinajstić information content (AvgIpc) is 2.66. The molecule has 7 nitrogen and oxygen atoms in total. The standard InChI is InChI=1S/C21H31F3N4O3/c1-20(2,3)31-19(30)25-11-8-15-4-6-16(7-5-15)27-17-9-12-28(13-10-17)18(29)26-14-21(22,23)24/h4-7,17,27H,8-14H2,1-3H3,(H,25,30)(H,26,29). The van der Waals surface area contributed by atoms with Crippen molar-refractivity contribution in [3.63, 3.8) is 0 Å². The van der Waals surface area contributed by atoms with Gasteiger partial charge in [0.2, 0.25) is 0 Å². The van der Waals surface area contributed by atoms with Gasteiger partial charge in [-0.3, -0.25) is 0 Å². The Morgan fingerprint density at radius 1 is 1.06 bits per heavy atom. The predicted octanol–water partition coefficient (Wildman–Crippen LogP) is 3.90. The van der Waals surface area contributed by atoms with Gasteiger partial charge in [-0.15, -0.1) is 0 Å². The molecule has 0 spiro atoms. The van der Waals surface area contributed by atoms with E-state index in [2.05, 4.69) is 10.6 Å². The third kappa shape index (κ3) is 9.80. The van der Waals surface area contributed by atoms with Gasteiger partial charge in [-0.1, -0.05) is 12.1 Å². The number of benzene rings is 1. The summed E-state index contributed by atoms with van der Waals surface area (Å²) < 4.78 is 41.8. The second-order valence-corrected chi connectivity index (χ2v) is 8.56. The summed E-state index contributed by atoms with van der Waals surface area (Å²) in [6.45, 7) is 5.38. The van der Waals surface area contributed by atoms with E-state index >= 15 is 0 Å².